The Kier molecular flexibility index (Phi) is 3.40. The van der Waals surface area contributed by atoms with Crippen LogP contribution in [0.3, 0.4) is 0 Å². The molecule has 20 heavy (non-hydrogen) atoms. The number of pyridine rings is 1. The van der Waals surface area contributed by atoms with Gasteiger partial charge >= 0.3 is 0 Å². The van der Waals surface area contributed by atoms with Gasteiger partial charge in [-0.25, -0.2) is 9.97 Å². The summed E-state index contributed by atoms with van der Waals surface area (Å²) in [5.41, 5.74) is 1.10. The summed E-state index contributed by atoms with van der Waals surface area (Å²) in [6, 6.07) is 3.48. The molecule has 0 saturated carbocycles. The molecule has 108 valence electrons. The van der Waals surface area contributed by atoms with Crippen LogP contribution in [0.4, 0.5) is 0 Å². The van der Waals surface area contributed by atoms with Gasteiger partial charge in [0.1, 0.15) is 29.9 Å². The molecule has 5 unspecified atom stereocenters. The second kappa shape index (κ2) is 5.08. The number of imidazole rings is 1. The van der Waals surface area contributed by atoms with Crippen molar-refractivity contribution in [1.82, 2.24) is 14.5 Å². The second-order valence-corrected chi connectivity index (χ2v) is 4.72. The normalized spacial score (nSPS) is 34.5. The van der Waals surface area contributed by atoms with Crippen molar-refractivity contribution in [3.8, 4) is 0 Å². The Morgan fingerprint density at radius 1 is 1.15 bits per heavy atom. The number of fused-ring (bicyclic) bond motifs is 1. The Balaban J connectivity index is 2.00. The fraction of sp³-hybridized carbons (Fsp3) is 0.500. The van der Waals surface area contributed by atoms with E-state index in [-0.39, 0.29) is 0 Å². The van der Waals surface area contributed by atoms with E-state index < -0.39 is 37.3 Å². The lowest BCUT2D eigenvalue weighted by molar-refractivity contribution is -0.250. The number of aliphatic hydroxyl groups is 4. The first-order valence-electron chi connectivity index (χ1n) is 6.21. The largest absolute Gasteiger partial charge is 0.394 e. The van der Waals surface area contributed by atoms with Gasteiger partial charge in [-0.1, -0.05) is 0 Å². The molecular formula is C12H15N3O5. The molecule has 3 rings (SSSR count). The fourth-order valence-corrected chi connectivity index (χ4v) is 2.37. The van der Waals surface area contributed by atoms with E-state index in [1.54, 1.807) is 18.3 Å². The molecule has 1 aliphatic rings. The molecule has 0 aliphatic carbocycles. The summed E-state index contributed by atoms with van der Waals surface area (Å²) in [4.78, 5) is 8.27. The minimum atomic E-state index is -1.42. The van der Waals surface area contributed by atoms with Crippen LogP contribution in [0.1, 0.15) is 6.23 Å². The fourth-order valence-electron chi connectivity index (χ4n) is 2.37. The smallest absolute Gasteiger partial charge is 0.165 e. The number of rotatable bonds is 2. The molecule has 1 aliphatic heterocycles. The Bertz CT molecular complexity index is 602. The van der Waals surface area contributed by atoms with Crippen LogP contribution in [0.2, 0.25) is 0 Å². The summed E-state index contributed by atoms with van der Waals surface area (Å²) in [6.45, 7) is -0.471. The monoisotopic (exact) mass is 281 g/mol. The van der Waals surface area contributed by atoms with Gasteiger partial charge in [0.05, 0.1) is 12.9 Å². The van der Waals surface area contributed by atoms with Gasteiger partial charge in [0, 0.05) is 6.20 Å². The Morgan fingerprint density at radius 2 is 1.95 bits per heavy atom. The maximum atomic E-state index is 10.1. The maximum Gasteiger partial charge on any atom is 0.165 e. The number of aliphatic hydroxyl groups excluding tert-OH is 4. The lowest BCUT2D eigenvalue weighted by Gasteiger charge is -2.40. The van der Waals surface area contributed by atoms with Crippen molar-refractivity contribution in [2.75, 3.05) is 6.61 Å². The highest BCUT2D eigenvalue weighted by Crippen LogP contribution is 2.30. The number of nitrogens with zero attached hydrogens (tertiary/aromatic N) is 3. The summed E-state index contributed by atoms with van der Waals surface area (Å²) in [5, 5.41) is 38.8. The highest BCUT2D eigenvalue weighted by Gasteiger charge is 2.44. The van der Waals surface area contributed by atoms with E-state index in [0.717, 1.165) is 0 Å². The molecule has 5 atom stereocenters. The summed E-state index contributed by atoms with van der Waals surface area (Å²) < 4.78 is 6.93. The lowest BCUT2D eigenvalue weighted by atomic mass is 9.98. The minimum absolute atomic E-state index is 0.471. The molecule has 0 spiro atoms. The molecule has 4 N–H and O–H groups in total. The van der Waals surface area contributed by atoms with Gasteiger partial charge in [-0.3, -0.25) is 4.57 Å². The number of hydrogen-bond acceptors (Lipinski definition) is 7. The summed E-state index contributed by atoms with van der Waals surface area (Å²) >= 11 is 0. The van der Waals surface area contributed by atoms with Crippen molar-refractivity contribution < 1.29 is 25.2 Å². The highest BCUT2D eigenvalue weighted by molar-refractivity contribution is 5.70. The molecule has 2 aromatic heterocycles. The second-order valence-electron chi connectivity index (χ2n) is 4.72. The van der Waals surface area contributed by atoms with Crippen LogP contribution in [0.15, 0.2) is 24.7 Å². The number of aromatic nitrogens is 3. The van der Waals surface area contributed by atoms with Gasteiger partial charge in [0.2, 0.25) is 0 Å². The molecule has 3 heterocycles. The zero-order chi connectivity index (χ0) is 14.3. The first-order valence-corrected chi connectivity index (χ1v) is 6.21. The predicted molar refractivity (Wildman–Crippen MR) is 66.5 cm³/mol. The van der Waals surface area contributed by atoms with E-state index in [0.29, 0.717) is 11.2 Å². The van der Waals surface area contributed by atoms with Crippen molar-refractivity contribution >= 4 is 11.2 Å². The van der Waals surface area contributed by atoms with Crippen LogP contribution in [0.5, 0.6) is 0 Å². The maximum absolute atomic E-state index is 10.1. The average Bonchev–Trinajstić information content (AvgIpc) is 2.89. The Morgan fingerprint density at radius 3 is 2.70 bits per heavy atom. The molecule has 0 aromatic carbocycles. The molecule has 0 bridgehead atoms. The minimum Gasteiger partial charge on any atom is -0.394 e. The zero-order valence-corrected chi connectivity index (χ0v) is 10.4. The van der Waals surface area contributed by atoms with Crippen LogP contribution >= 0.6 is 0 Å². The summed E-state index contributed by atoms with van der Waals surface area (Å²) in [5.74, 6) is 0. The third kappa shape index (κ3) is 1.98. The third-order valence-corrected chi connectivity index (χ3v) is 3.47. The molecule has 2 aromatic rings. The van der Waals surface area contributed by atoms with E-state index in [9.17, 15) is 20.4 Å². The van der Waals surface area contributed by atoms with E-state index in [1.165, 1.54) is 10.9 Å². The van der Waals surface area contributed by atoms with Crippen molar-refractivity contribution in [3.05, 3.63) is 24.7 Å². The van der Waals surface area contributed by atoms with Crippen molar-refractivity contribution in [1.29, 1.82) is 0 Å². The molecule has 0 radical (unpaired) electrons. The average molecular weight is 281 g/mol. The number of hydrogen-bond donors (Lipinski definition) is 4. The van der Waals surface area contributed by atoms with Gasteiger partial charge < -0.3 is 25.2 Å². The van der Waals surface area contributed by atoms with Crippen LogP contribution in [-0.4, -0.2) is 66.0 Å². The van der Waals surface area contributed by atoms with E-state index in [4.69, 9.17) is 4.74 Å². The molecule has 1 saturated heterocycles. The lowest BCUT2D eigenvalue weighted by Crippen LogP contribution is -2.56. The van der Waals surface area contributed by atoms with Crippen molar-refractivity contribution in [3.63, 3.8) is 0 Å². The van der Waals surface area contributed by atoms with Crippen LogP contribution in [-0.2, 0) is 4.74 Å². The molecular weight excluding hydrogens is 266 g/mol. The zero-order valence-electron chi connectivity index (χ0n) is 10.4. The van der Waals surface area contributed by atoms with E-state index in [2.05, 4.69) is 9.97 Å². The van der Waals surface area contributed by atoms with Crippen molar-refractivity contribution in [2.24, 2.45) is 0 Å². The topological polar surface area (TPSA) is 121 Å². The number of ether oxygens (including phenoxy) is 1. The first kappa shape index (κ1) is 13.4. The molecule has 8 nitrogen and oxygen atoms in total. The molecule has 1 fully saturated rings. The Hall–Kier alpha value is -1.58. The van der Waals surface area contributed by atoms with Gasteiger partial charge in [0.15, 0.2) is 11.9 Å². The summed E-state index contributed by atoms with van der Waals surface area (Å²) in [6.07, 6.45) is -3.09. The third-order valence-electron chi connectivity index (χ3n) is 3.47. The van der Waals surface area contributed by atoms with Gasteiger partial charge in [0.25, 0.3) is 0 Å². The molecule has 8 heteroatoms. The van der Waals surface area contributed by atoms with Crippen molar-refractivity contribution in [2.45, 2.75) is 30.6 Å². The highest BCUT2D eigenvalue weighted by atomic mass is 16.6. The quantitative estimate of drug-likeness (QED) is 0.523. The predicted octanol–water partition coefficient (Wildman–Crippen LogP) is -1.60. The Labute approximate surface area is 113 Å². The first-order chi connectivity index (χ1) is 9.63. The van der Waals surface area contributed by atoms with E-state index >= 15 is 0 Å². The van der Waals surface area contributed by atoms with Gasteiger partial charge in [-0.2, -0.15) is 0 Å². The van der Waals surface area contributed by atoms with Gasteiger partial charge in [-0.15, -0.1) is 0 Å². The SMILES string of the molecule is OCC1OC(n2cnc3cccnc32)C(O)C(O)C1O. The van der Waals surface area contributed by atoms with Gasteiger partial charge in [-0.05, 0) is 12.1 Å². The summed E-state index contributed by atoms with van der Waals surface area (Å²) in [7, 11) is 0. The standard InChI is InChI=1S/C12H15N3O5/c16-4-7-8(17)9(18)10(19)12(20-7)15-5-14-6-2-1-3-13-11(6)15/h1-3,5,7-10,12,16-19H,4H2. The van der Waals surface area contributed by atoms with Crippen LogP contribution < -0.4 is 0 Å². The van der Waals surface area contributed by atoms with Crippen LogP contribution in [0, 0.1) is 0 Å². The van der Waals surface area contributed by atoms with Crippen LogP contribution in [0.25, 0.3) is 11.2 Å². The van der Waals surface area contributed by atoms with E-state index in [1.807, 2.05) is 0 Å². The molecule has 0 amide bonds.